The number of carbonyl (C=O) groups excluding carboxylic acids is 1. The molecule has 2 aromatic carbocycles. The fourth-order valence-electron chi connectivity index (χ4n) is 3.63. The van der Waals surface area contributed by atoms with Gasteiger partial charge in [0.25, 0.3) is 5.91 Å². The van der Waals surface area contributed by atoms with Gasteiger partial charge in [-0.25, -0.2) is 0 Å². The topological polar surface area (TPSA) is 41.6 Å². The zero-order valence-electron chi connectivity index (χ0n) is 15.9. The summed E-state index contributed by atoms with van der Waals surface area (Å²) in [7, 11) is 0. The lowest BCUT2D eigenvalue weighted by atomic mass is 10.1. The summed E-state index contributed by atoms with van der Waals surface area (Å²) in [5, 5.41) is 3.03. The van der Waals surface area contributed by atoms with Gasteiger partial charge in [0.1, 0.15) is 5.75 Å². The van der Waals surface area contributed by atoms with Crippen molar-refractivity contribution in [3.63, 3.8) is 0 Å². The molecule has 26 heavy (non-hydrogen) atoms. The highest BCUT2D eigenvalue weighted by atomic mass is 16.5. The Morgan fingerprint density at radius 2 is 2.08 bits per heavy atom. The molecule has 0 saturated carbocycles. The standard InChI is InChI=1S/C22H28N2O2/c1-4-26-21-11-10-19(14-16(21)2)22(25)23-12-7-13-24-17(3)15-18-8-5-6-9-20(18)24/h5-6,8-11,14,17H,4,7,12-13,15H2,1-3H3,(H,23,25). The Morgan fingerprint density at radius 1 is 1.27 bits per heavy atom. The maximum Gasteiger partial charge on any atom is 0.251 e. The quantitative estimate of drug-likeness (QED) is 0.767. The second-order valence-electron chi connectivity index (χ2n) is 6.90. The van der Waals surface area contributed by atoms with Gasteiger partial charge in [-0.05, 0) is 69.0 Å². The minimum Gasteiger partial charge on any atom is -0.494 e. The summed E-state index contributed by atoms with van der Waals surface area (Å²) in [5.74, 6) is 0.816. The van der Waals surface area contributed by atoms with Crippen LogP contribution in [0, 0.1) is 6.92 Å². The van der Waals surface area contributed by atoms with Crippen LogP contribution in [0.3, 0.4) is 0 Å². The Hall–Kier alpha value is -2.49. The van der Waals surface area contributed by atoms with Crippen molar-refractivity contribution in [2.75, 3.05) is 24.6 Å². The summed E-state index contributed by atoms with van der Waals surface area (Å²) in [5.41, 5.74) is 4.44. The minimum absolute atomic E-state index is 0.0222. The van der Waals surface area contributed by atoms with Crippen molar-refractivity contribution in [3.8, 4) is 5.75 Å². The predicted molar refractivity (Wildman–Crippen MR) is 106 cm³/mol. The predicted octanol–water partition coefficient (Wildman–Crippen LogP) is 3.96. The number of aryl methyl sites for hydroxylation is 1. The van der Waals surface area contributed by atoms with Crippen LogP contribution in [0.2, 0.25) is 0 Å². The molecule has 1 heterocycles. The second-order valence-corrected chi connectivity index (χ2v) is 6.90. The summed E-state index contributed by atoms with van der Waals surface area (Å²) < 4.78 is 5.53. The molecule has 138 valence electrons. The molecule has 3 rings (SSSR count). The Bertz CT molecular complexity index is 772. The lowest BCUT2D eigenvalue weighted by molar-refractivity contribution is 0.0953. The molecular formula is C22H28N2O2. The zero-order chi connectivity index (χ0) is 18.5. The van der Waals surface area contributed by atoms with Gasteiger partial charge in [0, 0.05) is 30.4 Å². The zero-order valence-corrected chi connectivity index (χ0v) is 15.9. The number of benzene rings is 2. The van der Waals surface area contributed by atoms with Gasteiger partial charge in [-0.1, -0.05) is 18.2 Å². The third-order valence-corrected chi connectivity index (χ3v) is 4.95. The summed E-state index contributed by atoms with van der Waals surface area (Å²) in [6, 6.07) is 14.7. The van der Waals surface area contributed by atoms with Crippen molar-refractivity contribution < 1.29 is 9.53 Å². The van der Waals surface area contributed by atoms with Crippen LogP contribution in [0.1, 0.15) is 41.8 Å². The van der Waals surface area contributed by atoms with Crippen LogP contribution >= 0.6 is 0 Å². The number of hydrogen-bond donors (Lipinski definition) is 1. The van der Waals surface area contributed by atoms with E-state index < -0.39 is 0 Å². The number of carbonyl (C=O) groups is 1. The lowest BCUT2D eigenvalue weighted by Crippen LogP contribution is -2.33. The summed E-state index contributed by atoms with van der Waals surface area (Å²) in [6.07, 6.45) is 2.04. The average molecular weight is 352 g/mol. The van der Waals surface area contributed by atoms with Crippen LogP contribution in [0.25, 0.3) is 0 Å². The molecule has 1 N–H and O–H groups in total. The van der Waals surface area contributed by atoms with E-state index >= 15 is 0 Å². The summed E-state index contributed by atoms with van der Waals surface area (Å²) in [6.45, 7) is 8.45. The Kier molecular flexibility index (Phi) is 5.82. The first-order valence-electron chi connectivity index (χ1n) is 9.46. The van der Waals surface area contributed by atoms with Gasteiger partial charge in [0.15, 0.2) is 0 Å². The fraction of sp³-hybridized carbons (Fsp3) is 0.409. The van der Waals surface area contributed by atoms with Crippen LogP contribution in [0.5, 0.6) is 5.75 Å². The third-order valence-electron chi connectivity index (χ3n) is 4.95. The lowest BCUT2D eigenvalue weighted by Gasteiger charge is -2.25. The average Bonchev–Trinajstić information content (AvgIpc) is 2.95. The number of hydrogen-bond acceptors (Lipinski definition) is 3. The van der Waals surface area contributed by atoms with E-state index in [0.29, 0.717) is 24.8 Å². The van der Waals surface area contributed by atoms with E-state index in [1.807, 2.05) is 32.0 Å². The first-order chi connectivity index (χ1) is 12.6. The van der Waals surface area contributed by atoms with E-state index in [1.165, 1.54) is 11.3 Å². The number of anilines is 1. The van der Waals surface area contributed by atoms with Gasteiger partial charge < -0.3 is 15.0 Å². The molecule has 1 atom stereocenters. The highest BCUT2D eigenvalue weighted by Crippen LogP contribution is 2.31. The van der Waals surface area contributed by atoms with Crippen molar-refractivity contribution in [2.45, 2.75) is 39.7 Å². The first kappa shape index (κ1) is 18.3. The molecule has 1 aliphatic rings. The normalized spacial score (nSPS) is 15.7. The van der Waals surface area contributed by atoms with E-state index in [-0.39, 0.29) is 5.91 Å². The molecule has 1 amide bonds. The van der Waals surface area contributed by atoms with Crippen LogP contribution < -0.4 is 15.0 Å². The first-order valence-corrected chi connectivity index (χ1v) is 9.46. The van der Waals surface area contributed by atoms with Crippen LogP contribution in [-0.2, 0) is 6.42 Å². The van der Waals surface area contributed by atoms with E-state index in [0.717, 1.165) is 30.7 Å². The van der Waals surface area contributed by atoms with Gasteiger partial charge in [-0.2, -0.15) is 0 Å². The maximum atomic E-state index is 12.4. The van der Waals surface area contributed by atoms with Crippen molar-refractivity contribution >= 4 is 11.6 Å². The molecule has 0 bridgehead atoms. The van der Waals surface area contributed by atoms with Crippen molar-refractivity contribution in [1.29, 1.82) is 0 Å². The number of fused-ring (bicyclic) bond motifs is 1. The van der Waals surface area contributed by atoms with Gasteiger partial charge in [0.05, 0.1) is 6.61 Å². The van der Waals surface area contributed by atoms with Crippen LogP contribution in [0.15, 0.2) is 42.5 Å². The van der Waals surface area contributed by atoms with Gasteiger partial charge in [0.2, 0.25) is 0 Å². The van der Waals surface area contributed by atoms with Crippen molar-refractivity contribution in [3.05, 3.63) is 59.2 Å². The maximum absolute atomic E-state index is 12.4. The molecule has 4 nitrogen and oxygen atoms in total. The van der Waals surface area contributed by atoms with Gasteiger partial charge >= 0.3 is 0 Å². The highest BCUT2D eigenvalue weighted by Gasteiger charge is 2.24. The molecule has 2 aromatic rings. The van der Waals surface area contributed by atoms with E-state index in [2.05, 4.69) is 41.4 Å². The Balaban J connectivity index is 1.49. The van der Waals surface area contributed by atoms with Crippen LogP contribution in [0.4, 0.5) is 5.69 Å². The molecule has 1 unspecified atom stereocenters. The second kappa shape index (κ2) is 8.26. The Labute approximate surface area is 156 Å². The van der Waals surface area contributed by atoms with Crippen LogP contribution in [-0.4, -0.2) is 31.6 Å². The fourth-order valence-corrected chi connectivity index (χ4v) is 3.63. The van der Waals surface area contributed by atoms with E-state index in [1.54, 1.807) is 0 Å². The SMILES string of the molecule is CCOc1ccc(C(=O)NCCCN2c3ccccc3CC2C)cc1C. The molecule has 0 saturated heterocycles. The van der Waals surface area contributed by atoms with E-state index in [4.69, 9.17) is 4.74 Å². The number of nitrogens with one attached hydrogen (secondary N) is 1. The van der Waals surface area contributed by atoms with Gasteiger partial charge in [-0.3, -0.25) is 4.79 Å². The molecule has 0 aromatic heterocycles. The molecule has 0 spiro atoms. The number of ether oxygens (including phenoxy) is 1. The molecule has 0 fully saturated rings. The minimum atomic E-state index is -0.0222. The third kappa shape index (κ3) is 4.01. The molecule has 0 aliphatic carbocycles. The number of amides is 1. The number of rotatable bonds is 7. The number of para-hydroxylation sites is 1. The monoisotopic (exact) mass is 352 g/mol. The molecule has 1 aliphatic heterocycles. The summed E-state index contributed by atoms with van der Waals surface area (Å²) in [4.78, 5) is 14.8. The van der Waals surface area contributed by atoms with Crippen molar-refractivity contribution in [1.82, 2.24) is 5.32 Å². The molecule has 4 heteroatoms. The highest BCUT2D eigenvalue weighted by molar-refractivity contribution is 5.94. The molecule has 0 radical (unpaired) electrons. The van der Waals surface area contributed by atoms with E-state index in [9.17, 15) is 4.79 Å². The van der Waals surface area contributed by atoms with Gasteiger partial charge in [-0.15, -0.1) is 0 Å². The summed E-state index contributed by atoms with van der Waals surface area (Å²) >= 11 is 0. The largest absolute Gasteiger partial charge is 0.494 e. The number of nitrogens with zero attached hydrogens (tertiary/aromatic N) is 1. The Morgan fingerprint density at radius 3 is 2.85 bits per heavy atom. The van der Waals surface area contributed by atoms with Crippen molar-refractivity contribution in [2.24, 2.45) is 0 Å². The smallest absolute Gasteiger partial charge is 0.251 e. The molecular weight excluding hydrogens is 324 g/mol.